The third kappa shape index (κ3) is 7.96. The van der Waals surface area contributed by atoms with Crippen LogP contribution in [0.15, 0.2) is 194 Å². The summed E-state index contributed by atoms with van der Waals surface area (Å²) in [5.41, 5.74) is 8.69. The van der Waals surface area contributed by atoms with Gasteiger partial charge in [-0.25, -0.2) is 0 Å². The first kappa shape index (κ1) is 45.3. The number of aromatic hydroxyl groups is 5. The molecular weight excluding hydrogens is 817 g/mol. The van der Waals surface area contributed by atoms with Gasteiger partial charge in [0.25, 0.3) is 0 Å². The fourth-order valence-electron chi connectivity index (χ4n) is 10.1. The summed E-state index contributed by atoms with van der Waals surface area (Å²) in [5, 5.41) is 62.2. The number of aliphatic hydroxyl groups is 1. The van der Waals surface area contributed by atoms with Gasteiger partial charge >= 0.3 is 0 Å². The molecule has 2 unspecified atom stereocenters. The van der Waals surface area contributed by atoms with E-state index in [0.717, 1.165) is 61.2 Å². The SMILES string of the molecule is CC(O)[C@H](C)C(C)(c1ccc(O)cc1)c1ccc(C(C)(c2ccc(C(C)(c3ccc(O)cc3)c3ccc(O)cc3)cc2)c2ccc(C(C)(c3ccc(O)cc3)c3ccc(O)cc3)cc2)cc1. The molecule has 0 aliphatic rings. The lowest BCUT2D eigenvalue weighted by Crippen LogP contribution is -2.38. The molecule has 3 atom stereocenters. The summed E-state index contributed by atoms with van der Waals surface area (Å²) in [4.78, 5) is 0. The number of benzene rings is 8. The van der Waals surface area contributed by atoms with Crippen LogP contribution in [0.1, 0.15) is 103 Å². The van der Waals surface area contributed by atoms with E-state index in [9.17, 15) is 30.6 Å². The van der Waals surface area contributed by atoms with Gasteiger partial charge < -0.3 is 30.6 Å². The molecule has 0 saturated carbocycles. The van der Waals surface area contributed by atoms with Crippen LogP contribution in [0, 0.1) is 5.92 Å². The number of hydrogen-bond donors (Lipinski definition) is 6. The van der Waals surface area contributed by atoms with Gasteiger partial charge in [-0.1, -0.05) is 147 Å². The molecule has 334 valence electrons. The van der Waals surface area contributed by atoms with Crippen molar-refractivity contribution in [1.29, 1.82) is 0 Å². The average Bonchev–Trinajstić information content (AvgIpc) is 3.34. The van der Waals surface area contributed by atoms with E-state index in [1.165, 1.54) is 0 Å². The van der Waals surface area contributed by atoms with E-state index >= 15 is 0 Å². The van der Waals surface area contributed by atoms with Gasteiger partial charge in [0, 0.05) is 21.7 Å². The van der Waals surface area contributed by atoms with E-state index in [2.05, 4.69) is 107 Å². The molecular formula is C60H58O6. The van der Waals surface area contributed by atoms with Crippen LogP contribution in [-0.2, 0) is 21.7 Å². The number of rotatable bonds is 13. The van der Waals surface area contributed by atoms with Crippen LogP contribution < -0.4 is 0 Å². The molecule has 0 saturated heterocycles. The summed E-state index contributed by atoms with van der Waals surface area (Å²) in [7, 11) is 0. The molecule has 8 aromatic rings. The summed E-state index contributed by atoms with van der Waals surface area (Å²) in [5.74, 6) is 0.768. The molecule has 8 rings (SSSR count). The molecule has 0 spiro atoms. The zero-order valence-corrected chi connectivity index (χ0v) is 38.3. The van der Waals surface area contributed by atoms with E-state index in [0.29, 0.717) is 0 Å². The van der Waals surface area contributed by atoms with Crippen molar-refractivity contribution in [1.82, 2.24) is 0 Å². The highest BCUT2D eigenvalue weighted by molar-refractivity contribution is 5.58. The lowest BCUT2D eigenvalue weighted by atomic mass is 9.64. The van der Waals surface area contributed by atoms with Crippen molar-refractivity contribution < 1.29 is 30.6 Å². The number of hydrogen-bond acceptors (Lipinski definition) is 6. The Morgan fingerprint density at radius 2 is 0.394 bits per heavy atom. The topological polar surface area (TPSA) is 121 Å². The van der Waals surface area contributed by atoms with Gasteiger partial charge in [-0.3, -0.25) is 0 Å². The second-order valence-electron chi connectivity index (χ2n) is 18.6. The maximum absolute atomic E-state index is 11.0. The fraction of sp³-hybridized carbons (Fsp3) is 0.200. The molecule has 0 aliphatic carbocycles. The van der Waals surface area contributed by atoms with Gasteiger partial charge in [-0.05, 0) is 155 Å². The number of aliphatic hydroxyl groups excluding tert-OH is 1. The van der Waals surface area contributed by atoms with Crippen LogP contribution in [0.5, 0.6) is 28.7 Å². The molecule has 0 radical (unpaired) electrons. The highest BCUT2D eigenvalue weighted by Gasteiger charge is 2.40. The Balaban J connectivity index is 1.29. The van der Waals surface area contributed by atoms with Crippen molar-refractivity contribution >= 4 is 0 Å². The molecule has 0 heterocycles. The Kier molecular flexibility index (Phi) is 12.1. The Hall–Kier alpha value is -7.28. The summed E-state index contributed by atoms with van der Waals surface area (Å²) in [6.07, 6.45) is -0.603. The minimum atomic E-state index is -0.679. The van der Waals surface area contributed by atoms with Gasteiger partial charge in [0.05, 0.1) is 6.10 Å². The maximum atomic E-state index is 11.0. The summed E-state index contributed by atoms with van der Waals surface area (Å²) in [6.45, 7) is 12.6. The first-order valence-electron chi connectivity index (χ1n) is 22.5. The lowest BCUT2D eigenvalue weighted by Gasteiger charge is -2.39. The summed E-state index contributed by atoms with van der Waals surface area (Å²) in [6, 6.07) is 62.6. The highest BCUT2D eigenvalue weighted by atomic mass is 16.3. The van der Waals surface area contributed by atoms with Crippen molar-refractivity contribution in [3.8, 4) is 28.7 Å². The normalized spacial score (nSPS) is 14.0. The Bertz CT molecular complexity index is 2650. The van der Waals surface area contributed by atoms with E-state index in [4.69, 9.17) is 0 Å². The average molecular weight is 875 g/mol. The minimum Gasteiger partial charge on any atom is -0.508 e. The first-order chi connectivity index (χ1) is 31.5. The molecule has 0 amide bonds. The van der Waals surface area contributed by atoms with E-state index in [-0.39, 0.29) is 34.7 Å². The van der Waals surface area contributed by atoms with Gasteiger partial charge in [-0.15, -0.1) is 0 Å². The molecule has 0 fully saturated rings. The second-order valence-corrected chi connectivity index (χ2v) is 18.6. The molecule has 6 N–H and O–H groups in total. The fourth-order valence-corrected chi connectivity index (χ4v) is 10.1. The van der Waals surface area contributed by atoms with Crippen LogP contribution >= 0.6 is 0 Å². The molecule has 6 heteroatoms. The van der Waals surface area contributed by atoms with E-state index in [1.807, 2.05) is 67.6 Å². The molecule has 66 heavy (non-hydrogen) atoms. The minimum absolute atomic E-state index is 0.160. The first-order valence-corrected chi connectivity index (χ1v) is 22.5. The predicted molar refractivity (Wildman–Crippen MR) is 264 cm³/mol. The van der Waals surface area contributed by atoms with Gasteiger partial charge in [0.1, 0.15) is 28.7 Å². The van der Waals surface area contributed by atoms with Crippen molar-refractivity contribution in [3.05, 3.63) is 255 Å². The van der Waals surface area contributed by atoms with Crippen molar-refractivity contribution in [2.45, 2.75) is 69.3 Å². The van der Waals surface area contributed by atoms with Crippen molar-refractivity contribution in [3.63, 3.8) is 0 Å². The van der Waals surface area contributed by atoms with Gasteiger partial charge in [-0.2, -0.15) is 0 Å². The van der Waals surface area contributed by atoms with E-state index in [1.54, 1.807) is 60.7 Å². The smallest absolute Gasteiger partial charge is 0.115 e. The van der Waals surface area contributed by atoms with Crippen LogP contribution in [0.25, 0.3) is 0 Å². The summed E-state index contributed by atoms with van der Waals surface area (Å²) >= 11 is 0. The number of phenols is 5. The lowest BCUT2D eigenvalue weighted by molar-refractivity contribution is 0.100. The zero-order chi connectivity index (χ0) is 47.0. The quantitative estimate of drug-likeness (QED) is 0.0642. The summed E-state index contributed by atoms with van der Waals surface area (Å²) < 4.78 is 0. The monoisotopic (exact) mass is 874 g/mol. The van der Waals surface area contributed by atoms with Crippen LogP contribution in [0.4, 0.5) is 0 Å². The Morgan fingerprint density at radius 3 is 0.561 bits per heavy atom. The molecule has 8 aromatic carbocycles. The van der Waals surface area contributed by atoms with Gasteiger partial charge in [0.15, 0.2) is 0 Å². The van der Waals surface area contributed by atoms with Crippen LogP contribution in [0.3, 0.4) is 0 Å². The Morgan fingerprint density at radius 1 is 0.258 bits per heavy atom. The van der Waals surface area contributed by atoms with Crippen LogP contribution in [0.2, 0.25) is 0 Å². The predicted octanol–water partition coefficient (Wildman–Crippen LogP) is 12.6. The van der Waals surface area contributed by atoms with Crippen molar-refractivity contribution in [2.75, 3.05) is 0 Å². The Labute approximate surface area is 388 Å². The second kappa shape index (κ2) is 17.6. The maximum Gasteiger partial charge on any atom is 0.115 e. The van der Waals surface area contributed by atoms with Crippen LogP contribution in [-0.4, -0.2) is 36.7 Å². The molecule has 0 aliphatic heterocycles. The third-order valence-corrected chi connectivity index (χ3v) is 15.0. The van der Waals surface area contributed by atoms with Gasteiger partial charge in [0.2, 0.25) is 0 Å². The number of phenolic OH excluding ortho intramolecular Hbond substituents is 5. The van der Waals surface area contributed by atoms with E-state index < -0.39 is 27.8 Å². The molecule has 6 nitrogen and oxygen atoms in total. The zero-order valence-electron chi connectivity index (χ0n) is 38.3. The standard InChI is InChI=1S/C60H58O6/c1-39(40(2)61)57(3,42-19-29-52(62)30-20-42)41-7-9-43(10-8-41)58(4,44-11-15-46(16-12-44)59(5,48-21-31-53(63)32-22-48)49-23-33-54(64)34-24-49)45-13-17-47(18-14-45)60(6,50-25-35-55(65)36-26-50)51-27-37-56(66)38-28-51/h7-40,61-66H,1-6H3/t39-,40?,57?/m0/s1. The van der Waals surface area contributed by atoms with Crippen molar-refractivity contribution in [2.24, 2.45) is 5.92 Å². The third-order valence-electron chi connectivity index (χ3n) is 15.0. The largest absolute Gasteiger partial charge is 0.508 e. The highest BCUT2D eigenvalue weighted by Crippen LogP contribution is 2.47. The molecule has 0 bridgehead atoms. The molecule has 0 aromatic heterocycles.